The third kappa shape index (κ3) is 7.03. The summed E-state index contributed by atoms with van der Waals surface area (Å²) in [5.74, 6) is -0.333. The van der Waals surface area contributed by atoms with E-state index in [9.17, 15) is 18.0 Å². The summed E-state index contributed by atoms with van der Waals surface area (Å²) in [5, 5.41) is 18.5. The van der Waals surface area contributed by atoms with Crippen molar-refractivity contribution in [2.24, 2.45) is 0 Å². The Labute approximate surface area is 237 Å². The van der Waals surface area contributed by atoms with Gasteiger partial charge >= 0.3 is 6.03 Å². The number of aromatic amines is 1. The summed E-state index contributed by atoms with van der Waals surface area (Å²) in [6.07, 6.45) is 7.86. The summed E-state index contributed by atoms with van der Waals surface area (Å²) in [6, 6.07) is 20.4. The summed E-state index contributed by atoms with van der Waals surface area (Å²) in [7, 11) is -3.44. The SMILES string of the molecule is CS(=O)(=O)c1cccc(NC(=O)N(Cc2ccc(C(=O)Nc3nn[nH]n3)cc2)c2ccc(C3=CCCCC3)cc2)c1. The number of urea groups is 1. The molecule has 0 spiro atoms. The fraction of sp³-hybridized carbons (Fsp3) is 0.207. The molecule has 1 heterocycles. The Morgan fingerprint density at radius 3 is 2.41 bits per heavy atom. The minimum atomic E-state index is -3.44. The molecular weight excluding hydrogens is 542 g/mol. The average Bonchev–Trinajstić information content (AvgIpc) is 3.49. The van der Waals surface area contributed by atoms with Crippen LogP contribution < -0.4 is 15.5 Å². The van der Waals surface area contributed by atoms with Gasteiger partial charge in [-0.05, 0) is 90.1 Å². The summed E-state index contributed by atoms with van der Waals surface area (Å²) in [5.41, 5.74) is 4.64. The third-order valence-corrected chi connectivity index (χ3v) is 7.84. The molecule has 0 aliphatic heterocycles. The number of amides is 3. The lowest BCUT2D eigenvalue weighted by atomic mass is 9.93. The number of nitrogens with zero attached hydrogens (tertiary/aromatic N) is 4. The first-order valence-corrected chi connectivity index (χ1v) is 15.0. The molecule has 5 rings (SSSR count). The van der Waals surface area contributed by atoms with E-state index in [1.54, 1.807) is 41.3 Å². The van der Waals surface area contributed by atoms with Crippen LogP contribution in [0.3, 0.4) is 0 Å². The van der Waals surface area contributed by atoms with E-state index in [0.29, 0.717) is 16.9 Å². The second kappa shape index (κ2) is 12.1. The molecule has 0 fully saturated rings. The van der Waals surface area contributed by atoms with Crippen molar-refractivity contribution in [3.63, 3.8) is 0 Å². The van der Waals surface area contributed by atoms with E-state index in [2.05, 4.69) is 37.3 Å². The highest BCUT2D eigenvalue weighted by atomic mass is 32.2. The number of sulfone groups is 1. The molecular formula is C29H29N7O4S. The van der Waals surface area contributed by atoms with Crippen molar-refractivity contribution < 1.29 is 18.0 Å². The molecule has 0 saturated heterocycles. The lowest BCUT2D eigenvalue weighted by Crippen LogP contribution is -2.34. The quantitative estimate of drug-likeness (QED) is 0.268. The van der Waals surface area contributed by atoms with Gasteiger partial charge < -0.3 is 5.32 Å². The minimum Gasteiger partial charge on any atom is -0.307 e. The number of tetrazole rings is 1. The number of carbonyl (C=O) groups is 2. The number of hydrogen-bond donors (Lipinski definition) is 3. The van der Waals surface area contributed by atoms with Gasteiger partial charge in [0.05, 0.1) is 11.4 Å². The molecule has 11 nitrogen and oxygen atoms in total. The molecule has 1 aliphatic rings. The second-order valence-corrected chi connectivity index (χ2v) is 11.7. The van der Waals surface area contributed by atoms with Crippen molar-refractivity contribution in [2.75, 3.05) is 21.8 Å². The third-order valence-electron chi connectivity index (χ3n) is 6.73. The molecule has 0 bridgehead atoms. The van der Waals surface area contributed by atoms with E-state index in [1.807, 2.05) is 24.3 Å². The standard InChI is InChI=1S/C29H29N7O4S/c1-41(39,40)26-9-5-8-24(18-26)30-29(38)36(25-16-14-22(15-17-25)21-6-3-2-4-7-21)19-20-10-12-23(13-11-20)27(37)31-28-32-34-35-33-28/h5-6,8-18H,2-4,7,19H2,1H3,(H,30,38)(H2,31,32,33,34,35,37). The van der Waals surface area contributed by atoms with Crippen LogP contribution in [0.5, 0.6) is 0 Å². The fourth-order valence-corrected chi connectivity index (χ4v) is 5.23. The van der Waals surface area contributed by atoms with Crippen molar-refractivity contribution in [1.82, 2.24) is 20.6 Å². The molecule has 4 aromatic rings. The van der Waals surface area contributed by atoms with Crippen LogP contribution in [0.1, 0.15) is 47.2 Å². The molecule has 0 atom stereocenters. The lowest BCUT2D eigenvalue weighted by Gasteiger charge is -2.24. The Bertz CT molecular complexity index is 1670. The average molecular weight is 572 g/mol. The van der Waals surface area contributed by atoms with Crippen LogP contribution in [0.15, 0.2) is 83.8 Å². The highest BCUT2D eigenvalue weighted by Gasteiger charge is 2.19. The van der Waals surface area contributed by atoms with Crippen LogP contribution in [0.2, 0.25) is 0 Å². The van der Waals surface area contributed by atoms with Crippen LogP contribution in [-0.2, 0) is 16.4 Å². The lowest BCUT2D eigenvalue weighted by molar-refractivity contribution is 0.102. The molecule has 210 valence electrons. The maximum Gasteiger partial charge on any atom is 0.326 e. The fourth-order valence-electron chi connectivity index (χ4n) is 4.56. The zero-order valence-corrected chi connectivity index (χ0v) is 23.2. The molecule has 3 N–H and O–H groups in total. The van der Waals surface area contributed by atoms with Crippen LogP contribution in [-0.4, -0.2) is 47.2 Å². The largest absolute Gasteiger partial charge is 0.326 e. The van der Waals surface area contributed by atoms with Crippen molar-refractivity contribution in [3.05, 3.63) is 95.6 Å². The summed E-state index contributed by atoms with van der Waals surface area (Å²) in [6.45, 7) is 0.201. The maximum absolute atomic E-state index is 13.6. The summed E-state index contributed by atoms with van der Waals surface area (Å²) >= 11 is 0. The van der Waals surface area contributed by atoms with Gasteiger partial charge in [0, 0.05) is 23.2 Å². The number of anilines is 3. The normalized spacial score (nSPS) is 13.2. The van der Waals surface area contributed by atoms with Crippen molar-refractivity contribution in [1.29, 1.82) is 0 Å². The molecule has 3 aromatic carbocycles. The summed E-state index contributed by atoms with van der Waals surface area (Å²) in [4.78, 5) is 27.8. The molecule has 0 radical (unpaired) electrons. The van der Waals surface area contributed by atoms with Gasteiger partial charge in [-0.25, -0.2) is 13.2 Å². The zero-order chi connectivity index (χ0) is 28.8. The Kier molecular flexibility index (Phi) is 8.20. The van der Waals surface area contributed by atoms with E-state index in [1.165, 1.54) is 24.1 Å². The topological polar surface area (TPSA) is 150 Å². The van der Waals surface area contributed by atoms with Crippen LogP contribution in [0, 0.1) is 0 Å². The molecule has 41 heavy (non-hydrogen) atoms. The van der Waals surface area contributed by atoms with Gasteiger partial charge in [0.15, 0.2) is 9.84 Å². The van der Waals surface area contributed by atoms with Crippen LogP contribution in [0.4, 0.5) is 22.1 Å². The predicted octanol–water partition coefficient (Wildman–Crippen LogP) is 5.05. The van der Waals surface area contributed by atoms with Gasteiger partial charge in [0.25, 0.3) is 11.9 Å². The molecule has 1 aliphatic carbocycles. The van der Waals surface area contributed by atoms with E-state index in [4.69, 9.17) is 0 Å². The number of allylic oxidation sites excluding steroid dienone is 2. The number of benzene rings is 3. The van der Waals surface area contributed by atoms with Crippen molar-refractivity contribution >= 4 is 44.7 Å². The zero-order valence-electron chi connectivity index (χ0n) is 22.4. The Balaban J connectivity index is 1.38. The first-order valence-electron chi connectivity index (χ1n) is 13.1. The smallest absolute Gasteiger partial charge is 0.307 e. The van der Waals surface area contributed by atoms with E-state index in [0.717, 1.165) is 36.6 Å². The molecule has 0 saturated carbocycles. The van der Waals surface area contributed by atoms with Crippen LogP contribution in [0.25, 0.3) is 5.57 Å². The number of carbonyl (C=O) groups excluding carboxylic acids is 2. The summed E-state index contributed by atoms with van der Waals surface area (Å²) < 4.78 is 24.1. The van der Waals surface area contributed by atoms with Gasteiger partial charge in [0.1, 0.15) is 0 Å². The van der Waals surface area contributed by atoms with Gasteiger partial charge in [-0.1, -0.05) is 41.5 Å². The van der Waals surface area contributed by atoms with E-state index in [-0.39, 0.29) is 17.4 Å². The molecule has 3 amide bonds. The van der Waals surface area contributed by atoms with E-state index >= 15 is 0 Å². The van der Waals surface area contributed by atoms with Crippen LogP contribution >= 0.6 is 0 Å². The van der Waals surface area contributed by atoms with Gasteiger partial charge in [-0.2, -0.15) is 5.21 Å². The van der Waals surface area contributed by atoms with Crippen molar-refractivity contribution in [2.45, 2.75) is 37.1 Å². The molecule has 0 unspecified atom stereocenters. The first kappa shape index (κ1) is 27.7. The Morgan fingerprint density at radius 2 is 1.76 bits per heavy atom. The van der Waals surface area contributed by atoms with Crippen molar-refractivity contribution in [3.8, 4) is 0 Å². The number of hydrogen-bond acceptors (Lipinski definition) is 7. The number of rotatable bonds is 8. The predicted molar refractivity (Wildman–Crippen MR) is 156 cm³/mol. The Morgan fingerprint density at radius 1 is 0.976 bits per heavy atom. The number of H-pyrrole nitrogens is 1. The Hall–Kier alpha value is -4.84. The monoisotopic (exact) mass is 571 g/mol. The number of nitrogens with one attached hydrogen (secondary N) is 3. The molecule has 12 heteroatoms. The number of aromatic nitrogens is 4. The van der Waals surface area contributed by atoms with E-state index < -0.39 is 21.8 Å². The second-order valence-electron chi connectivity index (χ2n) is 9.72. The first-order chi connectivity index (χ1) is 19.8. The maximum atomic E-state index is 13.6. The minimum absolute atomic E-state index is 0.0642. The van der Waals surface area contributed by atoms with Gasteiger partial charge in [0.2, 0.25) is 0 Å². The highest BCUT2D eigenvalue weighted by molar-refractivity contribution is 7.90. The van der Waals surface area contributed by atoms with Gasteiger partial charge in [-0.15, -0.1) is 5.10 Å². The van der Waals surface area contributed by atoms with Gasteiger partial charge in [-0.3, -0.25) is 15.0 Å². The highest BCUT2D eigenvalue weighted by Crippen LogP contribution is 2.29. The molecule has 1 aromatic heterocycles.